The van der Waals surface area contributed by atoms with Gasteiger partial charge in [0.15, 0.2) is 5.82 Å². The summed E-state index contributed by atoms with van der Waals surface area (Å²) in [6.07, 6.45) is 1.52. The molecular weight excluding hydrogens is 413 g/mol. The highest BCUT2D eigenvalue weighted by atomic mass is 32.2. The van der Waals surface area contributed by atoms with Gasteiger partial charge in [0, 0.05) is 44.0 Å². The van der Waals surface area contributed by atoms with Gasteiger partial charge in [0.25, 0.3) is 0 Å². The first kappa shape index (κ1) is 22.1. The summed E-state index contributed by atoms with van der Waals surface area (Å²) in [6, 6.07) is 7.67. The number of benzene rings is 1. The minimum atomic E-state index is -3.70. The molecule has 1 saturated heterocycles. The molecule has 162 valence electrons. The fourth-order valence-corrected chi connectivity index (χ4v) is 3.90. The average Bonchev–Trinajstić information content (AvgIpc) is 2.73. The van der Waals surface area contributed by atoms with Crippen LogP contribution in [0, 0.1) is 12.7 Å². The summed E-state index contributed by atoms with van der Waals surface area (Å²) in [5.41, 5.74) is 1.79. The van der Waals surface area contributed by atoms with Gasteiger partial charge in [0.05, 0.1) is 24.7 Å². The number of nitrogens with one attached hydrogen (secondary N) is 2. The summed E-state index contributed by atoms with van der Waals surface area (Å²) in [5.74, 6) is -0.526. The molecule has 0 aliphatic carbocycles. The highest BCUT2D eigenvalue weighted by molar-refractivity contribution is 7.84. The summed E-state index contributed by atoms with van der Waals surface area (Å²) in [6.45, 7) is 3.56. The molecule has 0 unspecified atom stereocenters. The Balaban J connectivity index is 1.60. The number of rotatable bonds is 6. The Morgan fingerprint density at radius 2 is 1.90 bits per heavy atom. The molecule has 11 heteroatoms. The molecule has 1 aromatic heterocycles. The van der Waals surface area contributed by atoms with Crippen LogP contribution in [0.3, 0.4) is 0 Å². The molecule has 1 aliphatic rings. The first-order valence-electron chi connectivity index (χ1n) is 9.34. The van der Waals surface area contributed by atoms with E-state index in [0.717, 1.165) is 12.8 Å². The standard InChI is InChI=1S/C19H24FN5O4S/c1-14-6-7-16(12-21-14)22-19(26)23-17-5-3-4-15(18(17)20)13-24-8-10-25(11-9-24)30(27,28)29-2/h3-7,12H,8-11,13H2,1-2H3,(H2,22,23,26). The van der Waals surface area contributed by atoms with Crippen LogP contribution in [0.5, 0.6) is 0 Å². The van der Waals surface area contributed by atoms with E-state index in [0.29, 0.717) is 30.9 Å². The summed E-state index contributed by atoms with van der Waals surface area (Å²) in [4.78, 5) is 18.2. The van der Waals surface area contributed by atoms with Crippen LogP contribution in [0.15, 0.2) is 36.5 Å². The second kappa shape index (κ2) is 9.47. The molecule has 0 radical (unpaired) electrons. The molecule has 2 heterocycles. The van der Waals surface area contributed by atoms with Crippen molar-refractivity contribution in [3.8, 4) is 0 Å². The first-order chi connectivity index (χ1) is 14.3. The van der Waals surface area contributed by atoms with Crippen molar-refractivity contribution in [3.63, 3.8) is 0 Å². The molecule has 0 bridgehead atoms. The lowest BCUT2D eigenvalue weighted by Crippen LogP contribution is -2.48. The van der Waals surface area contributed by atoms with Crippen LogP contribution < -0.4 is 10.6 Å². The summed E-state index contributed by atoms with van der Waals surface area (Å²) < 4.78 is 44.2. The van der Waals surface area contributed by atoms with Gasteiger partial charge in [-0.1, -0.05) is 12.1 Å². The third kappa shape index (κ3) is 5.51. The van der Waals surface area contributed by atoms with Gasteiger partial charge >= 0.3 is 16.3 Å². The Bertz CT molecular complexity index is 992. The number of aryl methyl sites for hydroxylation is 1. The van der Waals surface area contributed by atoms with Crippen molar-refractivity contribution in [2.75, 3.05) is 43.9 Å². The third-order valence-electron chi connectivity index (χ3n) is 4.75. The number of pyridine rings is 1. The lowest BCUT2D eigenvalue weighted by molar-refractivity contribution is 0.168. The van der Waals surface area contributed by atoms with Gasteiger partial charge in [0.2, 0.25) is 0 Å². The van der Waals surface area contributed by atoms with Crippen molar-refractivity contribution in [2.45, 2.75) is 13.5 Å². The molecule has 0 atom stereocenters. The smallest absolute Gasteiger partial charge is 0.306 e. The van der Waals surface area contributed by atoms with Crippen LogP contribution in [-0.2, 0) is 21.0 Å². The van der Waals surface area contributed by atoms with Gasteiger partial charge in [-0.15, -0.1) is 0 Å². The molecule has 1 aromatic carbocycles. The Morgan fingerprint density at radius 3 is 2.53 bits per heavy atom. The van der Waals surface area contributed by atoms with Crippen LogP contribution in [0.4, 0.5) is 20.6 Å². The molecule has 2 amide bonds. The molecule has 1 aliphatic heterocycles. The lowest BCUT2D eigenvalue weighted by atomic mass is 10.1. The van der Waals surface area contributed by atoms with Gasteiger partial charge < -0.3 is 10.6 Å². The Hall–Kier alpha value is -2.60. The van der Waals surface area contributed by atoms with Gasteiger partial charge in [-0.2, -0.15) is 12.7 Å². The van der Waals surface area contributed by atoms with Crippen LogP contribution in [0.1, 0.15) is 11.3 Å². The number of aromatic nitrogens is 1. The van der Waals surface area contributed by atoms with Crippen molar-refractivity contribution < 1.29 is 21.8 Å². The minimum absolute atomic E-state index is 0.0608. The van der Waals surface area contributed by atoms with E-state index in [1.165, 1.54) is 16.6 Å². The fourth-order valence-electron chi connectivity index (χ4n) is 3.08. The molecule has 30 heavy (non-hydrogen) atoms. The maximum Gasteiger partial charge on any atom is 0.338 e. The number of hydrogen-bond donors (Lipinski definition) is 2. The van der Waals surface area contributed by atoms with Crippen LogP contribution in [0.2, 0.25) is 0 Å². The minimum Gasteiger partial charge on any atom is -0.306 e. The number of carbonyl (C=O) groups is 1. The maximum absolute atomic E-state index is 14.9. The van der Waals surface area contributed by atoms with Crippen molar-refractivity contribution in [1.29, 1.82) is 0 Å². The van der Waals surface area contributed by atoms with Crippen molar-refractivity contribution >= 4 is 27.7 Å². The zero-order valence-corrected chi connectivity index (χ0v) is 17.6. The largest absolute Gasteiger partial charge is 0.338 e. The molecule has 9 nitrogen and oxygen atoms in total. The summed E-state index contributed by atoms with van der Waals surface area (Å²) in [5, 5.41) is 5.12. The van der Waals surface area contributed by atoms with E-state index in [9.17, 15) is 17.6 Å². The number of carbonyl (C=O) groups excluding carboxylic acids is 1. The van der Waals surface area contributed by atoms with Gasteiger partial charge in [-0.05, 0) is 25.1 Å². The normalized spacial score (nSPS) is 15.7. The zero-order valence-electron chi connectivity index (χ0n) is 16.8. The highest BCUT2D eigenvalue weighted by Gasteiger charge is 2.27. The van der Waals surface area contributed by atoms with E-state index in [1.807, 2.05) is 11.8 Å². The Labute approximate surface area is 175 Å². The molecule has 2 aromatic rings. The topological polar surface area (TPSA) is 104 Å². The number of anilines is 2. The van der Waals surface area contributed by atoms with Gasteiger partial charge in [-0.3, -0.25) is 14.1 Å². The van der Waals surface area contributed by atoms with E-state index in [4.69, 9.17) is 0 Å². The molecule has 0 saturated carbocycles. The van der Waals surface area contributed by atoms with E-state index in [2.05, 4.69) is 19.8 Å². The molecule has 0 spiro atoms. The Kier molecular flexibility index (Phi) is 6.98. The maximum atomic E-state index is 14.9. The summed E-state index contributed by atoms with van der Waals surface area (Å²) >= 11 is 0. The predicted octanol–water partition coefficient (Wildman–Crippen LogP) is 2.18. The molecule has 3 rings (SSSR count). The fraction of sp³-hybridized carbons (Fsp3) is 0.368. The van der Waals surface area contributed by atoms with Gasteiger partial charge in [-0.25, -0.2) is 9.18 Å². The van der Waals surface area contributed by atoms with Gasteiger partial charge in [0.1, 0.15) is 0 Å². The second-order valence-electron chi connectivity index (χ2n) is 6.85. The van der Waals surface area contributed by atoms with Crippen molar-refractivity contribution in [3.05, 3.63) is 53.6 Å². The predicted molar refractivity (Wildman–Crippen MR) is 111 cm³/mol. The average molecular weight is 437 g/mol. The number of amides is 2. The number of piperazine rings is 1. The quantitative estimate of drug-likeness (QED) is 0.718. The number of halogens is 1. The van der Waals surface area contributed by atoms with Crippen LogP contribution in [-0.4, -0.2) is 61.9 Å². The molecule has 1 fully saturated rings. The van der Waals surface area contributed by atoms with E-state index in [1.54, 1.807) is 24.3 Å². The van der Waals surface area contributed by atoms with E-state index in [-0.39, 0.29) is 18.8 Å². The van der Waals surface area contributed by atoms with E-state index < -0.39 is 22.2 Å². The first-order valence-corrected chi connectivity index (χ1v) is 10.7. The second-order valence-corrected chi connectivity index (χ2v) is 8.55. The van der Waals surface area contributed by atoms with Crippen molar-refractivity contribution in [1.82, 2.24) is 14.2 Å². The summed E-state index contributed by atoms with van der Waals surface area (Å²) in [7, 11) is -2.57. The molecular formula is C19H24FN5O4S. The zero-order chi connectivity index (χ0) is 21.7. The SMILES string of the molecule is COS(=O)(=O)N1CCN(Cc2cccc(NC(=O)Nc3ccc(C)nc3)c2F)CC1. The third-order valence-corrected chi connectivity index (χ3v) is 6.17. The monoisotopic (exact) mass is 437 g/mol. The number of nitrogens with zero attached hydrogens (tertiary/aromatic N) is 3. The van der Waals surface area contributed by atoms with Crippen molar-refractivity contribution in [2.24, 2.45) is 0 Å². The highest BCUT2D eigenvalue weighted by Crippen LogP contribution is 2.21. The Morgan fingerprint density at radius 1 is 1.17 bits per heavy atom. The number of urea groups is 1. The van der Waals surface area contributed by atoms with E-state index >= 15 is 0 Å². The van der Waals surface area contributed by atoms with Crippen LogP contribution in [0.25, 0.3) is 0 Å². The molecule has 2 N–H and O–H groups in total. The van der Waals surface area contributed by atoms with Crippen LogP contribution >= 0.6 is 0 Å². The lowest BCUT2D eigenvalue weighted by Gasteiger charge is -2.33. The number of hydrogen-bond acceptors (Lipinski definition) is 6.